The Bertz CT molecular complexity index is 181. The van der Waals surface area contributed by atoms with Gasteiger partial charge in [-0.1, -0.05) is 0 Å². The minimum absolute atomic E-state index is 0.0969. The lowest BCUT2D eigenvalue weighted by Gasteiger charge is -2.40. The fourth-order valence-electron chi connectivity index (χ4n) is 2.09. The Morgan fingerprint density at radius 2 is 1.85 bits per heavy atom. The van der Waals surface area contributed by atoms with Crippen LogP contribution in [0.2, 0.25) is 0 Å². The van der Waals surface area contributed by atoms with Gasteiger partial charge in [0, 0.05) is 12.1 Å². The van der Waals surface area contributed by atoms with E-state index in [1.165, 1.54) is 6.42 Å². The lowest BCUT2D eigenvalue weighted by molar-refractivity contribution is -0.138. The van der Waals surface area contributed by atoms with E-state index < -0.39 is 0 Å². The van der Waals surface area contributed by atoms with Crippen LogP contribution in [0.4, 0.5) is 0 Å². The van der Waals surface area contributed by atoms with E-state index in [1.54, 1.807) is 6.92 Å². The van der Waals surface area contributed by atoms with E-state index in [0.29, 0.717) is 12.1 Å². The molecule has 76 valence electrons. The summed E-state index contributed by atoms with van der Waals surface area (Å²) in [6.45, 7) is 5.97. The summed E-state index contributed by atoms with van der Waals surface area (Å²) in [7, 11) is 0. The molecule has 1 aliphatic rings. The molecule has 13 heavy (non-hydrogen) atoms. The average molecular weight is 184 g/mol. The van der Waals surface area contributed by atoms with Crippen molar-refractivity contribution >= 4 is 5.91 Å². The maximum Gasteiger partial charge on any atom is 0.239 e. The molecular weight excluding hydrogens is 164 g/mol. The number of rotatable bonds is 1. The summed E-state index contributed by atoms with van der Waals surface area (Å²) >= 11 is 0. The third kappa shape index (κ3) is 2.21. The highest BCUT2D eigenvalue weighted by Gasteiger charge is 2.30. The van der Waals surface area contributed by atoms with Crippen LogP contribution < -0.4 is 5.73 Å². The molecule has 0 radical (unpaired) electrons. The zero-order valence-corrected chi connectivity index (χ0v) is 8.79. The molecule has 3 nitrogen and oxygen atoms in total. The predicted octanol–water partition coefficient (Wildman–Crippen LogP) is 1.12. The lowest BCUT2D eigenvalue weighted by atomic mass is 9.97. The molecule has 1 rings (SSSR count). The summed E-state index contributed by atoms with van der Waals surface area (Å²) in [5, 5.41) is 0. The topological polar surface area (TPSA) is 46.3 Å². The molecule has 2 N–H and O–H groups in total. The fourth-order valence-corrected chi connectivity index (χ4v) is 2.09. The number of nitrogens with two attached hydrogens (primary N) is 1. The summed E-state index contributed by atoms with van der Waals surface area (Å²) < 4.78 is 0. The Hall–Kier alpha value is -0.570. The smallest absolute Gasteiger partial charge is 0.239 e. The zero-order valence-electron chi connectivity index (χ0n) is 8.79. The van der Waals surface area contributed by atoms with Crippen molar-refractivity contribution in [1.82, 2.24) is 4.90 Å². The van der Waals surface area contributed by atoms with E-state index in [0.717, 1.165) is 12.8 Å². The molecule has 2 unspecified atom stereocenters. The Morgan fingerprint density at radius 1 is 1.38 bits per heavy atom. The first kappa shape index (κ1) is 10.5. The van der Waals surface area contributed by atoms with E-state index >= 15 is 0 Å². The standard InChI is InChI=1S/C10H20N2O/c1-7-5-4-6-8(2)12(7)10(13)9(3)11/h7-9H,4-6,11H2,1-3H3/t7?,8?,9-/m0/s1. The van der Waals surface area contributed by atoms with Gasteiger partial charge in [0.1, 0.15) is 0 Å². The van der Waals surface area contributed by atoms with Gasteiger partial charge in [-0.15, -0.1) is 0 Å². The summed E-state index contributed by atoms with van der Waals surface area (Å²) in [6, 6.07) is 0.368. The van der Waals surface area contributed by atoms with E-state index in [2.05, 4.69) is 13.8 Å². The van der Waals surface area contributed by atoms with Gasteiger partial charge in [0.25, 0.3) is 0 Å². The molecule has 0 bridgehead atoms. The van der Waals surface area contributed by atoms with E-state index in [-0.39, 0.29) is 11.9 Å². The first-order chi connectivity index (χ1) is 6.04. The number of hydrogen-bond donors (Lipinski definition) is 1. The monoisotopic (exact) mass is 184 g/mol. The van der Waals surface area contributed by atoms with Crippen molar-refractivity contribution in [3.8, 4) is 0 Å². The fraction of sp³-hybridized carbons (Fsp3) is 0.900. The quantitative estimate of drug-likeness (QED) is 0.664. The second-order valence-electron chi connectivity index (χ2n) is 4.16. The first-order valence-electron chi connectivity index (χ1n) is 5.11. The second-order valence-corrected chi connectivity index (χ2v) is 4.16. The Balaban J connectivity index is 2.68. The Morgan fingerprint density at radius 3 is 2.23 bits per heavy atom. The molecule has 0 aromatic rings. The molecule has 0 spiro atoms. The van der Waals surface area contributed by atoms with Gasteiger partial charge in [0.2, 0.25) is 5.91 Å². The van der Waals surface area contributed by atoms with Crippen molar-refractivity contribution in [3.05, 3.63) is 0 Å². The van der Waals surface area contributed by atoms with Gasteiger partial charge >= 0.3 is 0 Å². The normalized spacial score (nSPS) is 31.5. The third-order valence-corrected chi connectivity index (χ3v) is 2.84. The van der Waals surface area contributed by atoms with Crippen LogP contribution in [0.15, 0.2) is 0 Å². The Labute approximate surface area is 80.3 Å². The highest BCUT2D eigenvalue weighted by atomic mass is 16.2. The minimum atomic E-state index is -0.358. The van der Waals surface area contributed by atoms with Crippen LogP contribution in [-0.2, 0) is 4.79 Å². The molecule has 3 heteroatoms. The zero-order chi connectivity index (χ0) is 10.0. The second kappa shape index (κ2) is 4.09. The van der Waals surface area contributed by atoms with Crippen LogP contribution in [0, 0.1) is 0 Å². The van der Waals surface area contributed by atoms with Crippen molar-refractivity contribution in [2.75, 3.05) is 0 Å². The summed E-state index contributed by atoms with van der Waals surface area (Å²) in [5.41, 5.74) is 5.60. The van der Waals surface area contributed by atoms with Gasteiger partial charge < -0.3 is 10.6 Å². The Kier molecular flexibility index (Phi) is 3.31. The molecule has 0 aliphatic carbocycles. The van der Waals surface area contributed by atoms with Gasteiger partial charge in [0.05, 0.1) is 6.04 Å². The number of nitrogens with zero attached hydrogens (tertiary/aromatic N) is 1. The van der Waals surface area contributed by atoms with Gasteiger partial charge in [-0.3, -0.25) is 4.79 Å². The number of carbonyl (C=O) groups is 1. The van der Waals surface area contributed by atoms with Crippen molar-refractivity contribution in [3.63, 3.8) is 0 Å². The van der Waals surface area contributed by atoms with Gasteiger partial charge in [-0.25, -0.2) is 0 Å². The average Bonchev–Trinajstić information content (AvgIpc) is 2.03. The molecule has 0 saturated carbocycles. The molecule has 3 atom stereocenters. The number of piperidine rings is 1. The maximum absolute atomic E-state index is 11.7. The van der Waals surface area contributed by atoms with Crippen LogP contribution in [0.5, 0.6) is 0 Å². The predicted molar refractivity (Wildman–Crippen MR) is 53.3 cm³/mol. The van der Waals surface area contributed by atoms with Gasteiger partial charge in [-0.05, 0) is 40.0 Å². The number of amides is 1. The largest absolute Gasteiger partial charge is 0.336 e. The summed E-state index contributed by atoms with van der Waals surface area (Å²) in [5.74, 6) is 0.0969. The van der Waals surface area contributed by atoms with Crippen molar-refractivity contribution in [2.24, 2.45) is 5.73 Å². The van der Waals surface area contributed by atoms with Gasteiger partial charge in [0.15, 0.2) is 0 Å². The van der Waals surface area contributed by atoms with Crippen molar-refractivity contribution in [1.29, 1.82) is 0 Å². The van der Waals surface area contributed by atoms with Crippen LogP contribution in [0.1, 0.15) is 40.0 Å². The van der Waals surface area contributed by atoms with Crippen LogP contribution in [0.3, 0.4) is 0 Å². The van der Waals surface area contributed by atoms with Crippen LogP contribution >= 0.6 is 0 Å². The summed E-state index contributed by atoms with van der Waals surface area (Å²) in [6.07, 6.45) is 3.46. The molecular formula is C10H20N2O. The van der Waals surface area contributed by atoms with Crippen molar-refractivity contribution < 1.29 is 4.79 Å². The highest BCUT2D eigenvalue weighted by Crippen LogP contribution is 2.22. The van der Waals surface area contributed by atoms with E-state index in [1.807, 2.05) is 4.90 Å². The molecule has 1 heterocycles. The first-order valence-corrected chi connectivity index (χ1v) is 5.11. The molecule has 1 saturated heterocycles. The summed E-state index contributed by atoms with van der Waals surface area (Å²) in [4.78, 5) is 13.7. The number of hydrogen-bond acceptors (Lipinski definition) is 2. The van der Waals surface area contributed by atoms with Crippen molar-refractivity contribution in [2.45, 2.75) is 58.2 Å². The highest BCUT2D eigenvalue weighted by molar-refractivity contribution is 5.81. The number of likely N-dealkylation sites (tertiary alicyclic amines) is 1. The van der Waals surface area contributed by atoms with Crippen LogP contribution in [0.25, 0.3) is 0 Å². The van der Waals surface area contributed by atoms with Crippen LogP contribution in [-0.4, -0.2) is 28.9 Å². The molecule has 0 aromatic heterocycles. The maximum atomic E-state index is 11.7. The lowest BCUT2D eigenvalue weighted by Crippen LogP contribution is -2.52. The third-order valence-electron chi connectivity index (χ3n) is 2.84. The molecule has 1 aliphatic heterocycles. The van der Waals surface area contributed by atoms with Gasteiger partial charge in [-0.2, -0.15) is 0 Å². The minimum Gasteiger partial charge on any atom is -0.336 e. The van der Waals surface area contributed by atoms with E-state index in [4.69, 9.17) is 5.73 Å². The molecule has 0 aromatic carbocycles. The molecule has 1 fully saturated rings. The number of carbonyl (C=O) groups excluding carboxylic acids is 1. The molecule has 1 amide bonds. The van der Waals surface area contributed by atoms with E-state index in [9.17, 15) is 4.79 Å². The SMILES string of the molecule is CC1CCCC(C)N1C(=O)[C@H](C)N.